The molecule has 4 nitrogen and oxygen atoms in total. The Bertz CT molecular complexity index is 743. The lowest BCUT2D eigenvalue weighted by atomic mass is 10.3. The number of hydrogen-bond acceptors (Lipinski definition) is 6. The Hall–Kier alpha value is -1.57. The highest BCUT2D eigenvalue weighted by Crippen LogP contribution is 2.30. The molecule has 0 saturated carbocycles. The van der Waals surface area contributed by atoms with E-state index < -0.39 is 0 Å². The van der Waals surface area contributed by atoms with Gasteiger partial charge in [-0.25, -0.2) is 9.97 Å². The third kappa shape index (κ3) is 2.65. The molecule has 3 aromatic rings. The van der Waals surface area contributed by atoms with Crippen LogP contribution in [0, 0.1) is 13.8 Å². The van der Waals surface area contributed by atoms with E-state index in [4.69, 9.17) is 0 Å². The molecule has 20 heavy (non-hydrogen) atoms. The molecule has 0 fully saturated rings. The molecule has 7 heteroatoms. The molecule has 3 rings (SSSR count). The molecule has 3 aromatic heterocycles. The van der Waals surface area contributed by atoms with Gasteiger partial charge in [-0.05, 0) is 25.3 Å². The van der Waals surface area contributed by atoms with Crippen LogP contribution in [0.4, 0.5) is 5.13 Å². The lowest BCUT2D eigenvalue weighted by Gasteiger charge is -1.98. The van der Waals surface area contributed by atoms with E-state index in [-0.39, 0.29) is 5.91 Å². The number of hydrogen-bond donors (Lipinski definition) is 1. The lowest BCUT2D eigenvalue weighted by Crippen LogP contribution is -2.11. The molecule has 0 aliphatic heterocycles. The number of carbonyl (C=O) groups excluding carboxylic acids is 1. The lowest BCUT2D eigenvalue weighted by molar-refractivity contribution is 0.103. The second-order valence-electron chi connectivity index (χ2n) is 4.19. The van der Waals surface area contributed by atoms with E-state index in [9.17, 15) is 4.79 Å². The van der Waals surface area contributed by atoms with Crippen LogP contribution in [-0.4, -0.2) is 15.9 Å². The summed E-state index contributed by atoms with van der Waals surface area (Å²) in [4.78, 5) is 21.6. The van der Waals surface area contributed by atoms with Crippen molar-refractivity contribution in [3.05, 3.63) is 38.5 Å². The average molecular weight is 321 g/mol. The first-order valence-electron chi connectivity index (χ1n) is 5.87. The van der Waals surface area contributed by atoms with Gasteiger partial charge in [-0.2, -0.15) is 11.3 Å². The summed E-state index contributed by atoms with van der Waals surface area (Å²) < 4.78 is 0. The number of nitrogens with zero attached hydrogens (tertiary/aromatic N) is 2. The highest BCUT2D eigenvalue weighted by Gasteiger charge is 2.17. The van der Waals surface area contributed by atoms with Crippen LogP contribution in [0.3, 0.4) is 0 Å². The Kier molecular flexibility index (Phi) is 3.64. The third-order valence-electron chi connectivity index (χ3n) is 2.61. The van der Waals surface area contributed by atoms with Crippen molar-refractivity contribution in [1.82, 2.24) is 9.97 Å². The quantitative estimate of drug-likeness (QED) is 0.786. The predicted octanol–water partition coefficient (Wildman–Crippen LogP) is 4.20. The van der Waals surface area contributed by atoms with Crippen molar-refractivity contribution < 1.29 is 4.79 Å². The number of rotatable bonds is 3. The fourth-order valence-corrected chi connectivity index (χ4v) is 4.04. The molecular formula is C13H11N3OS3. The number of thiazole rings is 2. The van der Waals surface area contributed by atoms with Gasteiger partial charge in [0.1, 0.15) is 9.88 Å². The number of amides is 1. The van der Waals surface area contributed by atoms with E-state index in [1.807, 2.05) is 36.1 Å². The van der Waals surface area contributed by atoms with E-state index in [1.54, 1.807) is 11.3 Å². The third-order valence-corrected chi connectivity index (χ3v) is 5.37. The van der Waals surface area contributed by atoms with Gasteiger partial charge >= 0.3 is 0 Å². The molecule has 0 saturated heterocycles. The van der Waals surface area contributed by atoms with Crippen LogP contribution in [0.1, 0.15) is 21.1 Å². The topological polar surface area (TPSA) is 54.9 Å². The first-order valence-corrected chi connectivity index (χ1v) is 8.51. The SMILES string of the molecule is Cc1csc(NC(=O)c2sc(-c3ccsc3)nc2C)n1. The molecule has 0 aliphatic rings. The fourth-order valence-electron chi connectivity index (χ4n) is 1.68. The minimum Gasteiger partial charge on any atom is -0.297 e. The molecule has 1 amide bonds. The molecule has 0 atom stereocenters. The first-order chi connectivity index (χ1) is 9.63. The zero-order valence-electron chi connectivity index (χ0n) is 10.8. The number of nitrogens with one attached hydrogen (secondary N) is 1. The minimum absolute atomic E-state index is 0.143. The molecule has 0 spiro atoms. The average Bonchev–Trinajstić information content (AvgIpc) is 3.09. The van der Waals surface area contributed by atoms with Crippen LogP contribution in [0.25, 0.3) is 10.6 Å². The van der Waals surface area contributed by atoms with Gasteiger partial charge < -0.3 is 0 Å². The molecule has 0 aliphatic carbocycles. The van der Waals surface area contributed by atoms with E-state index in [0.717, 1.165) is 22.0 Å². The number of aromatic nitrogens is 2. The van der Waals surface area contributed by atoms with Crippen molar-refractivity contribution in [3.63, 3.8) is 0 Å². The number of anilines is 1. The number of thiophene rings is 1. The molecule has 3 heterocycles. The van der Waals surface area contributed by atoms with Crippen LogP contribution in [0.15, 0.2) is 22.2 Å². The molecule has 0 aromatic carbocycles. The number of carbonyl (C=O) groups is 1. The van der Waals surface area contributed by atoms with Crippen LogP contribution in [0.2, 0.25) is 0 Å². The molecule has 0 radical (unpaired) electrons. The summed E-state index contributed by atoms with van der Waals surface area (Å²) >= 11 is 4.46. The van der Waals surface area contributed by atoms with Gasteiger partial charge in [-0.3, -0.25) is 10.1 Å². The predicted molar refractivity (Wildman–Crippen MR) is 85.0 cm³/mol. The maximum absolute atomic E-state index is 12.3. The molecule has 0 bridgehead atoms. The summed E-state index contributed by atoms with van der Waals surface area (Å²) in [6, 6.07) is 2.01. The molecule has 1 N–H and O–H groups in total. The highest BCUT2D eigenvalue weighted by atomic mass is 32.1. The molecule has 0 unspecified atom stereocenters. The van der Waals surface area contributed by atoms with Crippen molar-refractivity contribution in [2.75, 3.05) is 5.32 Å². The minimum atomic E-state index is -0.143. The first kappa shape index (κ1) is 13.4. The normalized spacial score (nSPS) is 10.7. The van der Waals surface area contributed by atoms with Crippen molar-refractivity contribution >= 4 is 45.0 Å². The van der Waals surface area contributed by atoms with Gasteiger partial charge in [-0.15, -0.1) is 22.7 Å². The van der Waals surface area contributed by atoms with Gasteiger partial charge in [0, 0.05) is 16.3 Å². The second-order valence-corrected chi connectivity index (χ2v) is 6.83. The monoisotopic (exact) mass is 321 g/mol. The Morgan fingerprint density at radius 1 is 1.25 bits per heavy atom. The van der Waals surface area contributed by atoms with Crippen LogP contribution in [-0.2, 0) is 0 Å². The second kappa shape index (κ2) is 5.43. The van der Waals surface area contributed by atoms with E-state index >= 15 is 0 Å². The molecule has 102 valence electrons. The summed E-state index contributed by atoms with van der Waals surface area (Å²) in [6.45, 7) is 3.76. The van der Waals surface area contributed by atoms with Gasteiger partial charge in [0.05, 0.1) is 11.4 Å². The Balaban J connectivity index is 1.85. The maximum Gasteiger partial charge on any atom is 0.269 e. The van der Waals surface area contributed by atoms with Crippen molar-refractivity contribution in [2.45, 2.75) is 13.8 Å². The molecular weight excluding hydrogens is 310 g/mol. The maximum atomic E-state index is 12.3. The van der Waals surface area contributed by atoms with Gasteiger partial charge in [0.2, 0.25) is 0 Å². The standard InChI is InChI=1S/C13H11N3OS3/c1-7-5-19-13(14-7)16-11(17)10-8(2)15-12(20-10)9-3-4-18-6-9/h3-6H,1-2H3,(H,14,16,17). The zero-order valence-corrected chi connectivity index (χ0v) is 13.3. The van der Waals surface area contributed by atoms with E-state index in [2.05, 4.69) is 15.3 Å². The van der Waals surface area contributed by atoms with Crippen molar-refractivity contribution in [2.24, 2.45) is 0 Å². The summed E-state index contributed by atoms with van der Waals surface area (Å²) in [5, 5.41) is 10.3. The highest BCUT2D eigenvalue weighted by molar-refractivity contribution is 7.18. The summed E-state index contributed by atoms with van der Waals surface area (Å²) in [7, 11) is 0. The summed E-state index contributed by atoms with van der Waals surface area (Å²) in [5.41, 5.74) is 2.72. The number of aryl methyl sites for hydroxylation is 2. The largest absolute Gasteiger partial charge is 0.297 e. The smallest absolute Gasteiger partial charge is 0.269 e. The summed E-state index contributed by atoms with van der Waals surface area (Å²) in [5.74, 6) is -0.143. The van der Waals surface area contributed by atoms with E-state index in [1.165, 1.54) is 22.7 Å². The van der Waals surface area contributed by atoms with Crippen LogP contribution < -0.4 is 5.32 Å². The van der Waals surface area contributed by atoms with Gasteiger partial charge in [0.25, 0.3) is 5.91 Å². The Morgan fingerprint density at radius 3 is 2.75 bits per heavy atom. The van der Waals surface area contributed by atoms with Gasteiger partial charge in [0.15, 0.2) is 5.13 Å². The zero-order chi connectivity index (χ0) is 14.1. The summed E-state index contributed by atoms with van der Waals surface area (Å²) in [6.07, 6.45) is 0. The Morgan fingerprint density at radius 2 is 2.10 bits per heavy atom. The van der Waals surface area contributed by atoms with Gasteiger partial charge in [-0.1, -0.05) is 0 Å². The van der Waals surface area contributed by atoms with Crippen LogP contribution >= 0.6 is 34.0 Å². The Labute approximate surface area is 128 Å². The van der Waals surface area contributed by atoms with E-state index in [0.29, 0.717) is 10.0 Å². The van der Waals surface area contributed by atoms with Crippen LogP contribution in [0.5, 0.6) is 0 Å². The fraction of sp³-hybridized carbons (Fsp3) is 0.154. The van der Waals surface area contributed by atoms with Crippen molar-refractivity contribution in [3.8, 4) is 10.6 Å². The van der Waals surface area contributed by atoms with Crippen molar-refractivity contribution in [1.29, 1.82) is 0 Å².